The van der Waals surface area contributed by atoms with Gasteiger partial charge in [0, 0.05) is 56.1 Å². The summed E-state index contributed by atoms with van der Waals surface area (Å²) in [6.45, 7) is 5.76. The van der Waals surface area contributed by atoms with Gasteiger partial charge in [-0.3, -0.25) is 4.90 Å². The third kappa shape index (κ3) is 3.40. The summed E-state index contributed by atoms with van der Waals surface area (Å²) in [6.07, 6.45) is 0. The lowest BCUT2D eigenvalue weighted by Gasteiger charge is -2.37. The van der Waals surface area contributed by atoms with Crippen LogP contribution in [-0.4, -0.2) is 62.4 Å². The van der Waals surface area contributed by atoms with E-state index in [0.29, 0.717) is 6.04 Å². The van der Waals surface area contributed by atoms with Gasteiger partial charge in [0.1, 0.15) is 5.75 Å². The van der Waals surface area contributed by atoms with Crippen LogP contribution in [0, 0.1) is 0 Å². The Balaban J connectivity index is 1.49. The van der Waals surface area contributed by atoms with E-state index >= 15 is 0 Å². The van der Waals surface area contributed by atoms with Crippen molar-refractivity contribution in [3.8, 4) is 5.75 Å². The molecule has 2 saturated heterocycles. The molecule has 2 heterocycles. The number of thioether (sulfide) groups is 1. The largest absolute Gasteiger partial charge is 0.497 e. The monoisotopic (exact) mass is 293 g/mol. The molecule has 20 heavy (non-hydrogen) atoms. The molecule has 1 aromatic rings. The van der Waals surface area contributed by atoms with Gasteiger partial charge in [-0.1, -0.05) is 0 Å². The van der Waals surface area contributed by atoms with E-state index in [1.165, 1.54) is 18.0 Å². The molecule has 1 aromatic carbocycles. The zero-order valence-corrected chi connectivity index (χ0v) is 12.9. The molecule has 4 nitrogen and oxygen atoms in total. The van der Waals surface area contributed by atoms with Gasteiger partial charge >= 0.3 is 0 Å². The van der Waals surface area contributed by atoms with E-state index < -0.39 is 0 Å². The van der Waals surface area contributed by atoms with Crippen LogP contribution in [0.4, 0.5) is 5.69 Å². The third-order valence-corrected chi connectivity index (χ3v) is 5.09. The second-order valence-electron chi connectivity index (χ2n) is 5.40. The van der Waals surface area contributed by atoms with Crippen molar-refractivity contribution in [2.45, 2.75) is 6.04 Å². The quantitative estimate of drug-likeness (QED) is 0.908. The highest BCUT2D eigenvalue weighted by molar-refractivity contribution is 7.99. The number of ether oxygens (including phenoxy) is 1. The molecule has 1 atom stereocenters. The predicted molar refractivity (Wildman–Crippen MR) is 85.9 cm³/mol. The number of piperazine rings is 1. The number of hydrogen-bond acceptors (Lipinski definition) is 5. The van der Waals surface area contributed by atoms with Crippen molar-refractivity contribution in [3.63, 3.8) is 0 Å². The van der Waals surface area contributed by atoms with E-state index in [0.717, 1.165) is 37.8 Å². The maximum atomic E-state index is 5.21. The van der Waals surface area contributed by atoms with Gasteiger partial charge < -0.3 is 15.0 Å². The Kier molecular flexibility index (Phi) is 4.70. The molecule has 0 spiro atoms. The van der Waals surface area contributed by atoms with E-state index in [4.69, 9.17) is 4.74 Å². The number of anilines is 1. The van der Waals surface area contributed by atoms with Gasteiger partial charge in [-0.2, -0.15) is 0 Å². The van der Waals surface area contributed by atoms with Crippen LogP contribution in [0.15, 0.2) is 24.3 Å². The first-order valence-electron chi connectivity index (χ1n) is 7.27. The predicted octanol–water partition coefficient (Wildman–Crippen LogP) is 1.48. The summed E-state index contributed by atoms with van der Waals surface area (Å²) in [7, 11) is 1.71. The summed E-state index contributed by atoms with van der Waals surface area (Å²) >= 11 is 2.01. The second-order valence-corrected chi connectivity index (χ2v) is 6.43. The summed E-state index contributed by atoms with van der Waals surface area (Å²) in [5.74, 6) is 3.31. The van der Waals surface area contributed by atoms with Gasteiger partial charge in [0.05, 0.1) is 7.11 Å². The molecule has 1 unspecified atom stereocenters. The van der Waals surface area contributed by atoms with E-state index in [-0.39, 0.29) is 0 Å². The van der Waals surface area contributed by atoms with Crippen molar-refractivity contribution < 1.29 is 4.74 Å². The Bertz CT molecular complexity index is 412. The molecule has 5 heteroatoms. The minimum atomic E-state index is 0.688. The van der Waals surface area contributed by atoms with E-state index in [9.17, 15) is 0 Å². The van der Waals surface area contributed by atoms with Crippen LogP contribution in [0.25, 0.3) is 0 Å². The highest BCUT2D eigenvalue weighted by Crippen LogP contribution is 2.21. The summed E-state index contributed by atoms with van der Waals surface area (Å²) in [4.78, 5) is 5.05. The molecule has 0 saturated carbocycles. The van der Waals surface area contributed by atoms with Crippen molar-refractivity contribution in [3.05, 3.63) is 24.3 Å². The number of hydrogen-bond donors (Lipinski definition) is 1. The Labute approximate surface area is 125 Å². The lowest BCUT2D eigenvalue weighted by molar-refractivity contribution is 0.240. The average molecular weight is 293 g/mol. The SMILES string of the molecule is COc1ccc(N2CCN(CC3CSCN3)CC2)cc1. The van der Waals surface area contributed by atoms with Crippen LogP contribution in [0.5, 0.6) is 5.75 Å². The molecule has 1 N–H and O–H groups in total. The number of nitrogens with one attached hydrogen (secondary N) is 1. The number of rotatable bonds is 4. The molecule has 0 aliphatic carbocycles. The Morgan fingerprint density at radius 3 is 2.55 bits per heavy atom. The molecule has 110 valence electrons. The Morgan fingerprint density at radius 2 is 1.95 bits per heavy atom. The molecular weight excluding hydrogens is 270 g/mol. The molecule has 2 aliphatic rings. The summed E-state index contributed by atoms with van der Waals surface area (Å²) in [5.41, 5.74) is 1.31. The topological polar surface area (TPSA) is 27.7 Å². The van der Waals surface area contributed by atoms with Crippen molar-refractivity contribution in [1.82, 2.24) is 10.2 Å². The standard InChI is InChI=1S/C15H23N3OS/c1-19-15-4-2-14(3-5-15)18-8-6-17(7-9-18)10-13-11-20-12-16-13/h2-5,13,16H,6-12H2,1H3. The summed E-state index contributed by atoms with van der Waals surface area (Å²) < 4.78 is 5.21. The fourth-order valence-corrected chi connectivity index (χ4v) is 3.83. The fourth-order valence-electron chi connectivity index (χ4n) is 2.85. The van der Waals surface area contributed by atoms with E-state index in [1.807, 2.05) is 23.9 Å². The number of nitrogens with zero attached hydrogens (tertiary/aromatic N) is 2. The normalized spacial score (nSPS) is 24.1. The highest BCUT2D eigenvalue weighted by Gasteiger charge is 2.22. The van der Waals surface area contributed by atoms with Crippen molar-refractivity contribution in [2.75, 3.05) is 56.4 Å². The van der Waals surface area contributed by atoms with Gasteiger partial charge in [0.25, 0.3) is 0 Å². The first-order chi connectivity index (χ1) is 9.85. The van der Waals surface area contributed by atoms with E-state index in [1.54, 1.807) is 7.11 Å². The zero-order chi connectivity index (χ0) is 13.8. The third-order valence-electron chi connectivity index (χ3n) is 4.08. The van der Waals surface area contributed by atoms with Crippen LogP contribution in [0.2, 0.25) is 0 Å². The highest BCUT2D eigenvalue weighted by atomic mass is 32.2. The van der Waals surface area contributed by atoms with Gasteiger partial charge in [-0.25, -0.2) is 0 Å². The minimum absolute atomic E-state index is 0.688. The Morgan fingerprint density at radius 1 is 1.20 bits per heavy atom. The van der Waals surface area contributed by atoms with Gasteiger partial charge in [-0.05, 0) is 24.3 Å². The molecule has 2 aliphatic heterocycles. The van der Waals surface area contributed by atoms with Gasteiger partial charge in [0.15, 0.2) is 0 Å². The first-order valence-corrected chi connectivity index (χ1v) is 8.43. The summed E-state index contributed by atoms with van der Waals surface area (Å²) in [6, 6.07) is 9.09. The maximum absolute atomic E-state index is 5.21. The first kappa shape index (κ1) is 14.0. The molecule has 0 radical (unpaired) electrons. The van der Waals surface area contributed by atoms with Crippen LogP contribution < -0.4 is 15.0 Å². The van der Waals surface area contributed by atoms with Crippen LogP contribution in [-0.2, 0) is 0 Å². The minimum Gasteiger partial charge on any atom is -0.497 e. The van der Waals surface area contributed by atoms with E-state index in [2.05, 4.69) is 27.2 Å². The van der Waals surface area contributed by atoms with Crippen LogP contribution >= 0.6 is 11.8 Å². The van der Waals surface area contributed by atoms with Crippen LogP contribution in [0.3, 0.4) is 0 Å². The average Bonchev–Trinajstić information content (AvgIpc) is 3.01. The lowest BCUT2D eigenvalue weighted by atomic mass is 10.2. The van der Waals surface area contributed by atoms with Crippen molar-refractivity contribution >= 4 is 17.4 Å². The van der Waals surface area contributed by atoms with Crippen molar-refractivity contribution in [1.29, 1.82) is 0 Å². The summed E-state index contributed by atoms with van der Waals surface area (Å²) in [5, 5.41) is 3.55. The Hall–Kier alpha value is -0.910. The second kappa shape index (κ2) is 6.70. The number of methoxy groups -OCH3 is 1. The number of benzene rings is 1. The molecule has 0 aromatic heterocycles. The molecular formula is C15H23N3OS. The van der Waals surface area contributed by atoms with Crippen LogP contribution in [0.1, 0.15) is 0 Å². The lowest BCUT2D eigenvalue weighted by Crippen LogP contribution is -2.50. The molecule has 0 bridgehead atoms. The van der Waals surface area contributed by atoms with Gasteiger partial charge in [0.2, 0.25) is 0 Å². The van der Waals surface area contributed by atoms with Crippen molar-refractivity contribution in [2.24, 2.45) is 0 Å². The molecule has 3 rings (SSSR count). The fraction of sp³-hybridized carbons (Fsp3) is 0.600. The smallest absolute Gasteiger partial charge is 0.119 e. The molecule has 0 amide bonds. The maximum Gasteiger partial charge on any atom is 0.119 e. The zero-order valence-electron chi connectivity index (χ0n) is 12.0. The van der Waals surface area contributed by atoms with Gasteiger partial charge in [-0.15, -0.1) is 11.8 Å². The molecule has 2 fully saturated rings.